The third kappa shape index (κ3) is 5.24. The Hall–Kier alpha value is -0.991. The van der Waals surface area contributed by atoms with E-state index in [1.165, 1.54) is 10.8 Å². The first kappa shape index (κ1) is 18.8. The Morgan fingerprint density at radius 1 is 0.600 bits per heavy atom. The topological polar surface area (TPSA) is 11.3 Å². The Labute approximate surface area is 165 Å². The molecule has 0 spiro atoms. The summed E-state index contributed by atoms with van der Waals surface area (Å²) in [5.74, 6) is 0.897. The van der Waals surface area contributed by atoms with Crippen LogP contribution in [0.4, 0.5) is 0 Å². The molecule has 0 fully saturated rings. The van der Waals surface area contributed by atoms with Gasteiger partial charge in [0.15, 0.2) is 0 Å². The summed E-state index contributed by atoms with van der Waals surface area (Å²) in [4.78, 5) is 0. The van der Waals surface area contributed by atoms with E-state index in [1.807, 2.05) is 30.3 Å². The zero-order valence-corrected chi connectivity index (χ0v) is 16.9. The fourth-order valence-corrected chi connectivity index (χ4v) is 2.61. The Kier molecular flexibility index (Phi) is 6.12. The fourth-order valence-electron chi connectivity index (χ4n) is 2.61. The summed E-state index contributed by atoms with van der Waals surface area (Å²) in [5.41, 5.74) is 2.02. The van der Waals surface area contributed by atoms with Crippen molar-refractivity contribution in [1.29, 1.82) is 0 Å². The molecular formula is C19H13Cl4FeO. The summed E-state index contributed by atoms with van der Waals surface area (Å²) in [6.45, 7) is 0. The van der Waals surface area contributed by atoms with Crippen molar-refractivity contribution in [2.45, 2.75) is 0 Å². The van der Waals surface area contributed by atoms with Crippen LogP contribution in [0.3, 0.4) is 0 Å². The second kappa shape index (κ2) is 8.14. The molecule has 0 saturated heterocycles. The molecule has 0 unspecified atom stereocenters. The van der Waals surface area contributed by atoms with Gasteiger partial charge < -0.3 is 0 Å². The van der Waals surface area contributed by atoms with Crippen molar-refractivity contribution in [3.63, 3.8) is 0 Å². The molecule has 0 aliphatic rings. The molecule has 4 rings (SSSR count). The molecule has 0 aliphatic heterocycles. The van der Waals surface area contributed by atoms with Gasteiger partial charge in [0.1, 0.15) is 0 Å². The van der Waals surface area contributed by atoms with Crippen LogP contribution in [-0.2, 0) is 9.20 Å². The summed E-state index contributed by atoms with van der Waals surface area (Å²) in [5, 5.41) is 3.62. The Bertz CT molecular complexity index is 994. The molecular weight excluding hydrogens is 442 g/mol. The van der Waals surface area contributed by atoms with Crippen molar-refractivity contribution in [2.24, 2.45) is 0 Å². The molecule has 0 radical (unpaired) electrons. The quantitative estimate of drug-likeness (QED) is 0.160. The van der Waals surface area contributed by atoms with Crippen LogP contribution in [0.5, 0.6) is 0 Å². The summed E-state index contributed by atoms with van der Waals surface area (Å²) >= 11 is 0. The normalized spacial score (nSPS) is 11.8. The van der Waals surface area contributed by atoms with Crippen molar-refractivity contribution >= 4 is 62.1 Å². The number of hydrogen-bond acceptors (Lipinski definition) is 0. The average molecular weight is 455 g/mol. The van der Waals surface area contributed by atoms with Gasteiger partial charge in [-0.2, -0.15) is 0 Å². The van der Waals surface area contributed by atoms with Crippen molar-refractivity contribution in [3.8, 4) is 11.3 Å². The van der Waals surface area contributed by atoms with E-state index in [4.69, 9.17) is 44.8 Å². The van der Waals surface area contributed by atoms with Gasteiger partial charge in [-0.05, 0) is 35.0 Å². The van der Waals surface area contributed by atoms with Crippen molar-refractivity contribution in [3.05, 3.63) is 78.9 Å². The molecule has 0 aliphatic carbocycles. The second-order valence-corrected chi connectivity index (χ2v) is 16.1. The van der Waals surface area contributed by atoms with Crippen LogP contribution in [0.2, 0.25) is 0 Å². The predicted molar refractivity (Wildman–Crippen MR) is 107 cm³/mol. The van der Waals surface area contributed by atoms with Gasteiger partial charge in [-0.3, -0.25) is 0 Å². The second-order valence-electron chi connectivity index (χ2n) is 5.17. The maximum Gasteiger partial charge on any atom is 0.361 e. The van der Waals surface area contributed by atoms with Gasteiger partial charge in [-0.1, -0.05) is 42.5 Å². The van der Waals surface area contributed by atoms with Gasteiger partial charge >= 0.3 is 60.9 Å². The minimum absolute atomic E-state index is 0.897. The summed E-state index contributed by atoms with van der Waals surface area (Å²) in [6.07, 6.45) is 0. The minimum atomic E-state index is -2.61. The molecule has 0 atom stereocenters. The maximum absolute atomic E-state index is 6.06. The standard InChI is InChI=1S/C19H13O.4ClH.Fe/c1-2-7-15(8-3-1)18-13-11-17-16-9-5-4-6-14(16)10-12-19(17)20-18;;;;;/h1-13H;4*1H;/q+1;;;;;+3/p-4. The van der Waals surface area contributed by atoms with Crippen LogP contribution in [-0.4, -0.2) is 0 Å². The molecule has 0 N–H and O–H groups in total. The number of hydrogen-bond donors (Lipinski definition) is 0. The van der Waals surface area contributed by atoms with Gasteiger partial charge in [-0.15, -0.1) is 0 Å². The largest absolute Gasteiger partial charge is 0.361 e. The zero-order chi connectivity index (χ0) is 17.9. The molecule has 6 heteroatoms. The Morgan fingerprint density at radius 3 is 1.96 bits per heavy atom. The van der Waals surface area contributed by atoms with E-state index in [-0.39, 0.29) is 0 Å². The summed E-state index contributed by atoms with van der Waals surface area (Å²) in [6, 6.07) is 26.9. The van der Waals surface area contributed by atoms with Crippen LogP contribution < -0.4 is 0 Å². The van der Waals surface area contributed by atoms with Gasteiger partial charge in [0, 0.05) is 12.1 Å². The van der Waals surface area contributed by atoms with Crippen molar-refractivity contribution in [1.82, 2.24) is 0 Å². The smallest absolute Gasteiger partial charge is 0.207 e. The first-order valence-corrected chi connectivity index (χ1v) is 13.3. The van der Waals surface area contributed by atoms with E-state index in [9.17, 15) is 0 Å². The molecule has 25 heavy (non-hydrogen) atoms. The van der Waals surface area contributed by atoms with Gasteiger partial charge in [0.25, 0.3) is 0 Å². The third-order valence-electron chi connectivity index (χ3n) is 3.61. The van der Waals surface area contributed by atoms with Gasteiger partial charge in [0.2, 0.25) is 0 Å². The van der Waals surface area contributed by atoms with E-state index >= 15 is 0 Å². The maximum atomic E-state index is 6.06. The SMILES string of the molecule is [Cl][Fe-]([Cl])([Cl])[Cl].c1ccc(-c2ccc3c(ccc4ccccc43)[o+]2)cc1. The molecule has 1 nitrogen and oxygen atoms in total. The molecule has 4 aromatic rings. The predicted octanol–water partition coefficient (Wildman–Crippen LogP) is 8.29. The zero-order valence-electron chi connectivity index (χ0n) is 12.8. The van der Waals surface area contributed by atoms with Crippen molar-refractivity contribution < 1.29 is 13.6 Å². The number of benzene rings is 3. The van der Waals surface area contributed by atoms with Gasteiger partial charge in [-0.25, -0.2) is 4.42 Å². The summed E-state index contributed by atoms with van der Waals surface area (Å²) in [7, 11) is 17.2. The monoisotopic (exact) mass is 453 g/mol. The van der Waals surface area contributed by atoms with E-state index in [2.05, 4.69) is 48.5 Å². The molecule has 1 aromatic heterocycles. The van der Waals surface area contributed by atoms with E-state index < -0.39 is 9.20 Å². The molecule has 0 saturated carbocycles. The van der Waals surface area contributed by atoms with Crippen LogP contribution in [0.25, 0.3) is 33.1 Å². The Balaban J connectivity index is 0.000000324. The van der Waals surface area contributed by atoms with E-state index in [0.717, 1.165) is 22.3 Å². The average Bonchev–Trinajstić information content (AvgIpc) is 2.60. The van der Waals surface area contributed by atoms with E-state index in [0.29, 0.717) is 0 Å². The third-order valence-corrected chi connectivity index (χ3v) is 3.61. The van der Waals surface area contributed by atoms with Crippen molar-refractivity contribution in [2.75, 3.05) is 0 Å². The molecule has 0 bridgehead atoms. The fraction of sp³-hybridized carbons (Fsp3) is 0. The first-order valence-electron chi connectivity index (χ1n) is 7.25. The molecule has 131 valence electrons. The molecule has 0 amide bonds. The molecule has 1 heterocycles. The first-order chi connectivity index (χ1) is 11.9. The number of rotatable bonds is 1. The van der Waals surface area contributed by atoms with Crippen LogP contribution in [0.15, 0.2) is 83.3 Å². The molecule has 3 aromatic carbocycles. The number of halogens is 4. The van der Waals surface area contributed by atoms with E-state index in [1.54, 1.807) is 0 Å². The van der Waals surface area contributed by atoms with Crippen LogP contribution >= 0.6 is 40.4 Å². The minimum Gasteiger partial charge on any atom is -0.207 e. The number of fused-ring (bicyclic) bond motifs is 3. The van der Waals surface area contributed by atoms with Crippen LogP contribution in [0.1, 0.15) is 0 Å². The summed E-state index contributed by atoms with van der Waals surface area (Å²) < 4.78 is 6.06. The van der Waals surface area contributed by atoms with Gasteiger partial charge in [0.05, 0.1) is 10.9 Å². The Morgan fingerprint density at radius 2 is 1.24 bits per heavy atom. The van der Waals surface area contributed by atoms with Crippen LogP contribution in [0, 0.1) is 0 Å².